The Kier molecular flexibility index (Phi) is 4.19. The van der Waals surface area contributed by atoms with Crippen LogP contribution in [0.2, 0.25) is 0 Å². The summed E-state index contributed by atoms with van der Waals surface area (Å²) in [5, 5.41) is 0. The van der Waals surface area contributed by atoms with Crippen LogP contribution < -0.4 is 5.73 Å². The molecule has 0 spiro atoms. The van der Waals surface area contributed by atoms with Crippen molar-refractivity contribution < 1.29 is 9.18 Å². The van der Waals surface area contributed by atoms with E-state index in [1.165, 1.54) is 6.07 Å². The molecule has 2 rings (SSSR count). The number of nitrogens with two attached hydrogens (primary N) is 1. The van der Waals surface area contributed by atoms with Crippen LogP contribution in [-0.2, 0) is 6.54 Å². The van der Waals surface area contributed by atoms with E-state index in [1.807, 2.05) is 6.07 Å². The predicted molar refractivity (Wildman–Crippen MR) is 70.5 cm³/mol. The Hall–Kier alpha value is -1.14. The van der Waals surface area contributed by atoms with Crippen molar-refractivity contribution in [1.82, 2.24) is 9.80 Å². The molecule has 1 aliphatic heterocycles. The number of urea groups is 1. The maximum atomic E-state index is 13.7. The molecule has 0 saturated carbocycles. The summed E-state index contributed by atoms with van der Waals surface area (Å²) in [5.74, 6) is -0.207. The van der Waals surface area contributed by atoms with Crippen molar-refractivity contribution in [2.45, 2.75) is 6.54 Å². The van der Waals surface area contributed by atoms with E-state index < -0.39 is 0 Å². The number of nitrogens with zero attached hydrogens (tertiary/aromatic N) is 2. The predicted octanol–water partition coefficient (Wildman–Crippen LogP) is 1.78. The van der Waals surface area contributed by atoms with E-state index in [2.05, 4.69) is 20.8 Å². The lowest BCUT2D eigenvalue weighted by atomic mass is 10.2. The van der Waals surface area contributed by atoms with Crippen LogP contribution in [0.15, 0.2) is 22.7 Å². The third-order valence-corrected chi connectivity index (χ3v) is 3.59. The first-order valence-electron chi connectivity index (χ1n) is 5.77. The lowest BCUT2D eigenvalue weighted by molar-refractivity contribution is 0.139. The van der Waals surface area contributed by atoms with Gasteiger partial charge >= 0.3 is 6.03 Å². The second-order valence-corrected chi connectivity index (χ2v) is 5.25. The van der Waals surface area contributed by atoms with Gasteiger partial charge in [0.25, 0.3) is 0 Å². The number of amides is 2. The van der Waals surface area contributed by atoms with Gasteiger partial charge in [-0.25, -0.2) is 9.18 Å². The fourth-order valence-electron chi connectivity index (χ4n) is 2.02. The van der Waals surface area contributed by atoms with Crippen molar-refractivity contribution in [3.8, 4) is 0 Å². The molecule has 1 aromatic carbocycles. The number of carbonyl (C=O) groups excluding carboxylic acids is 1. The molecule has 0 atom stereocenters. The van der Waals surface area contributed by atoms with Gasteiger partial charge in [0.15, 0.2) is 0 Å². The molecule has 6 heteroatoms. The van der Waals surface area contributed by atoms with Gasteiger partial charge in [-0.15, -0.1) is 0 Å². The molecule has 0 aliphatic carbocycles. The van der Waals surface area contributed by atoms with Gasteiger partial charge in [-0.3, -0.25) is 4.90 Å². The Morgan fingerprint density at radius 3 is 2.56 bits per heavy atom. The van der Waals surface area contributed by atoms with Gasteiger partial charge in [0.2, 0.25) is 0 Å². The standard InChI is InChI=1S/C12H15BrFN3O/c13-10-2-1-9(11(14)7-10)8-16-3-5-17(6-4-16)12(15)18/h1-2,7H,3-6,8H2,(H2,15,18). The summed E-state index contributed by atoms with van der Waals surface area (Å²) in [5.41, 5.74) is 5.88. The SMILES string of the molecule is NC(=O)N1CCN(Cc2ccc(Br)cc2F)CC1. The Morgan fingerprint density at radius 2 is 2.00 bits per heavy atom. The van der Waals surface area contributed by atoms with E-state index in [0.29, 0.717) is 25.2 Å². The molecule has 2 amide bonds. The minimum atomic E-state index is -0.385. The lowest BCUT2D eigenvalue weighted by Gasteiger charge is -2.33. The highest BCUT2D eigenvalue weighted by atomic mass is 79.9. The van der Waals surface area contributed by atoms with Gasteiger partial charge in [-0.2, -0.15) is 0 Å². The Labute approximate surface area is 114 Å². The number of rotatable bonds is 2. The molecule has 1 aromatic rings. The summed E-state index contributed by atoms with van der Waals surface area (Å²) >= 11 is 3.23. The molecule has 1 saturated heterocycles. The first kappa shape index (κ1) is 13.3. The topological polar surface area (TPSA) is 49.6 Å². The number of carbonyl (C=O) groups is 1. The Bertz CT molecular complexity index is 447. The third-order valence-electron chi connectivity index (χ3n) is 3.09. The van der Waals surface area contributed by atoms with E-state index in [-0.39, 0.29) is 11.8 Å². The number of hydrogen-bond donors (Lipinski definition) is 1. The van der Waals surface area contributed by atoms with Gasteiger partial charge < -0.3 is 10.6 Å². The zero-order chi connectivity index (χ0) is 13.1. The fourth-order valence-corrected chi connectivity index (χ4v) is 2.35. The van der Waals surface area contributed by atoms with Crippen LogP contribution in [0.5, 0.6) is 0 Å². The summed E-state index contributed by atoms with van der Waals surface area (Å²) < 4.78 is 14.4. The number of benzene rings is 1. The van der Waals surface area contributed by atoms with Crippen LogP contribution in [0, 0.1) is 5.82 Å². The minimum Gasteiger partial charge on any atom is -0.351 e. The van der Waals surface area contributed by atoms with Crippen molar-refractivity contribution in [2.24, 2.45) is 5.73 Å². The molecule has 18 heavy (non-hydrogen) atoms. The average molecular weight is 316 g/mol. The number of hydrogen-bond acceptors (Lipinski definition) is 2. The van der Waals surface area contributed by atoms with Crippen LogP contribution in [0.1, 0.15) is 5.56 Å². The fraction of sp³-hybridized carbons (Fsp3) is 0.417. The van der Waals surface area contributed by atoms with Crippen LogP contribution in [0.25, 0.3) is 0 Å². The molecule has 0 radical (unpaired) electrons. The first-order chi connectivity index (χ1) is 8.56. The minimum absolute atomic E-state index is 0.207. The molecule has 1 fully saturated rings. The third kappa shape index (κ3) is 3.20. The van der Waals surface area contributed by atoms with Crippen molar-refractivity contribution in [1.29, 1.82) is 0 Å². The van der Waals surface area contributed by atoms with Gasteiger partial charge in [0.05, 0.1) is 0 Å². The first-order valence-corrected chi connectivity index (χ1v) is 6.56. The molecule has 0 unspecified atom stereocenters. The molecule has 98 valence electrons. The Balaban J connectivity index is 1.93. The highest BCUT2D eigenvalue weighted by Gasteiger charge is 2.19. The van der Waals surface area contributed by atoms with Gasteiger partial charge in [-0.05, 0) is 12.1 Å². The summed E-state index contributed by atoms with van der Waals surface area (Å²) in [6.07, 6.45) is 0. The molecule has 0 bridgehead atoms. The smallest absolute Gasteiger partial charge is 0.314 e. The molecule has 1 aliphatic rings. The monoisotopic (exact) mass is 315 g/mol. The largest absolute Gasteiger partial charge is 0.351 e. The van der Waals surface area contributed by atoms with E-state index in [0.717, 1.165) is 17.6 Å². The van der Waals surface area contributed by atoms with Crippen molar-refractivity contribution in [3.63, 3.8) is 0 Å². The van der Waals surface area contributed by atoms with Crippen LogP contribution >= 0.6 is 15.9 Å². The van der Waals surface area contributed by atoms with Crippen molar-refractivity contribution >= 4 is 22.0 Å². The van der Waals surface area contributed by atoms with Crippen LogP contribution in [0.4, 0.5) is 9.18 Å². The molecule has 1 heterocycles. The van der Waals surface area contributed by atoms with Crippen LogP contribution in [0.3, 0.4) is 0 Å². The molecular formula is C12H15BrFN3O. The average Bonchev–Trinajstić information content (AvgIpc) is 2.33. The van der Waals surface area contributed by atoms with Crippen LogP contribution in [-0.4, -0.2) is 42.0 Å². The molecule has 0 aromatic heterocycles. The summed E-state index contributed by atoms with van der Waals surface area (Å²) in [4.78, 5) is 14.7. The molecule has 4 nitrogen and oxygen atoms in total. The van der Waals surface area contributed by atoms with E-state index in [1.54, 1.807) is 11.0 Å². The second kappa shape index (κ2) is 5.67. The zero-order valence-electron chi connectivity index (χ0n) is 9.90. The quantitative estimate of drug-likeness (QED) is 0.904. The Morgan fingerprint density at radius 1 is 1.33 bits per heavy atom. The normalized spacial score (nSPS) is 16.9. The number of primary amides is 1. The van der Waals surface area contributed by atoms with E-state index in [4.69, 9.17) is 5.73 Å². The summed E-state index contributed by atoms with van der Waals surface area (Å²) in [6, 6.07) is 4.69. The summed E-state index contributed by atoms with van der Waals surface area (Å²) in [7, 11) is 0. The number of piperazine rings is 1. The van der Waals surface area contributed by atoms with E-state index in [9.17, 15) is 9.18 Å². The summed E-state index contributed by atoms with van der Waals surface area (Å²) in [6.45, 7) is 3.21. The van der Waals surface area contributed by atoms with Gasteiger partial charge in [0.1, 0.15) is 5.82 Å². The van der Waals surface area contributed by atoms with Crippen molar-refractivity contribution in [2.75, 3.05) is 26.2 Å². The zero-order valence-corrected chi connectivity index (χ0v) is 11.5. The maximum Gasteiger partial charge on any atom is 0.314 e. The van der Waals surface area contributed by atoms with Gasteiger partial charge in [0, 0.05) is 42.8 Å². The molecule has 2 N–H and O–H groups in total. The van der Waals surface area contributed by atoms with E-state index >= 15 is 0 Å². The van der Waals surface area contributed by atoms with Crippen molar-refractivity contribution in [3.05, 3.63) is 34.1 Å². The second-order valence-electron chi connectivity index (χ2n) is 4.34. The number of halogens is 2. The molecular weight excluding hydrogens is 301 g/mol. The lowest BCUT2D eigenvalue weighted by Crippen LogP contribution is -2.50. The highest BCUT2D eigenvalue weighted by Crippen LogP contribution is 2.17. The maximum absolute atomic E-state index is 13.7. The highest BCUT2D eigenvalue weighted by molar-refractivity contribution is 9.10. The van der Waals surface area contributed by atoms with Gasteiger partial charge in [-0.1, -0.05) is 22.0 Å².